The van der Waals surface area contributed by atoms with Crippen LogP contribution < -0.4 is 15.5 Å². The molecular weight excluding hydrogens is 294 g/mol. The summed E-state index contributed by atoms with van der Waals surface area (Å²) >= 11 is 0. The van der Waals surface area contributed by atoms with Gasteiger partial charge in [-0.3, -0.25) is 19.7 Å². The predicted octanol–water partition coefficient (Wildman–Crippen LogP) is 0.484. The number of anilines is 1. The van der Waals surface area contributed by atoms with Crippen LogP contribution in [0.4, 0.5) is 5.69 Å². The van der Waals surface area contributed by atoms with E-state index in [1.807, 2.05) is 30.3 Å². The molecule has 6 heteroatoms. The van der Waals surface area contributed by atoms with Gasteiger partial charge in [-0.15, -0.1) is 0 Å². The Kier molecular flexibility index (Phi) is 4.52. The van der Waals surface area contributed by atoms with Gasteiger partial charge in [0.15, 0.2) is 6.29 Å². The van der Waals surface area contributed by atoms with Crippen LogP contribution in [0.5, 0.6) is 0 Å². The molecule has 2 aliphatic heterocycles. The van der Waals surface area contributed by atoms with Gasteiger partial charge in [-0.1, -0.05) is 12.1 Å². The van der Waals surface area contributed by atoms with Crippen LogP contribution in [0, 0.1) is 0 Å². The van der Waals surface area contributed by atoms with Crippen molar-refractivity contribution in [3.8, 4) is 0 Å². The Balaban J connectivity index is 1.72. The van der Waals surface area contributed by atoms with Crippen molar-refractivity contribution in [2.45, 2.75) is 18.9 Å². The molecule has 2 heterocycles. The maximum Gasteiger partial charge on any atom is 0.218 e. The van der Waals surface area contributed by atoms with E-state index in [9.17, 15) is 14.4 Å². The lowest BCUT2D eigenvalue weighted by Gasteiger charge is -2.28. The average molecular weight is 313 g/mol. The summed E-state index contributed by atoms with van der Waals surface area (Å²) < 4.78 is 0. The number of rotatable bonds is 4. The van der Waals surface area contributed by atoms with Crippen molar-refractivity contribution in [1.82, 2.24) is 10.6 Å². The number of nitrogens with zero attached hydrogens (tertiary/aromatic N) is 1. The van der Waals surface area contributed by atoms with E-state index in [4.69, 9.17) is 0 Å². The zero-order chi connectivity index (χ0) is 16.2. The van der Waals surface area contributed by atoms with Gasteiger partial charge in [0.2, 0.25) is 5.78 Å². The molecule has 0 aliphatic carbocycles. The van der Waals surface area contributed by atoms with Crippen molar-refractivity contribution < 1.29 is 14.4 Å². The lowest BCUT2D eigenvalue weighted by molar-refractivity contribution is -0.130. The molecule has 3 rings (SSSR count). The summed E-state index contributed by atoms with van der Waals surface area (Å²) in [6, 6.07) is 7.39. The highest BCUT2D eigenvalue weighted by molar-refractivity contribution is 6.28. The zero-order valence-corrected chi connectivity index (χ0v) is 12.7. The van der Waals surface area contributed by atoms with Gasteiger partial charge in [0.1, 0.15) is 11.8 Å². The fourth-order valence-electron chi connectivity index (χ4n) is 2.90. The number of carbonyl (C=O) groups is 3. The lowest BCUT2D eigenvalue weighted by Crippen LogP contribution is -2.33. The van der Waals surface area contributed by atoms with Crippen LogP contribution in [0.2, 0.25) is 0 Å². The van der Waals surface area contributed by atoms with E-state index in [0.29, 0.717) is 37.3 Å². The molecule has 0 bridgehead atoms. The summed E-state index contributed by atoms with van der Waals surface area (Å²) in [5.41, 5.74) is 2.76. The molecule has 2 fully saturated rings. The highest BCUT2D eigenvalue weighted by Crippen LogP contribution is 2.20. The highest BCUT2D eigenvalue weighted by atomic mass is 16.2. The van der Waals surface area contributed by atoms with Crippen LogP contribution in [0.3, 0.4) is 0 Å². The van der Waals surface area contributed by atoms with E-state index in [-0.39, 0.29) is 0 Å². The number of nitrogens with one attached hydrogen (secondary N) is 2. The van der Waals surface area contributed by atoms with E-state index >= 15 is 0 Å². The second-order valence-electron chi connectivity index (χ2n) is 5.73. The molecule has 0 amide bonds. The Morgan fingerprint density at radius 3 is 2.52 bits per heavy atom. The van der Waals surface area contributed by atoms with Crippen molar-refractivity contribution in [1.29, 1.82) is 0 Å². The minimum Gasteiger partial charge on any atom is -0.374 e. The van der Waals surface area contributed by atoms with Crippen molar-refractivity contribution >= 4 is 29.6 Å². The van der Waals surface area contributed by atoms with E-state index in [1.165, 1.54) is 0 Å². The normalized spacial score (nSPS) is 23.0. The minimum atomic E-state index is -0.583. The van der Waals surface area contributed by atoms with Crippen LogP contribution in [-0.4, -0.2) is 43.7 Å². The Labute approximate surface area is 134 Å². The molecule has 0 spiro atoms. The Morgan fingerprint density at radius 1 is 1.17 bits per heavy atom. The van der Waals surface area contributed by atoms with E-state index in [1.54, 1.807) is 0 Å². The van der Waals surface area contributed by atoms with Crippen LogP contribution in [0.15, 0.2) is 30.0 Å². The van der Waals surface area contributed by atoms with Gasteiger partial charge in [0.05, 0.1) is 6.67 Å². The number of ketones is 2. The fraction of sp³-hybridized carbons (Fsp3) is 0.353. The molecule has 2 saturated heterocycles. The average Bonchev–Trinajstić information content (AvgIpc) is 3.04. The van der Waals surface area contributed by atoms with Gasteiger partial charge in [-0.2, -0.15) is 0 Å². The lowest BCUT2D eigenvalue weighted by atomic mass is 10.1. The maximum atomic E-state index is 11.6. The quantitative estimate of drug-likeness (QED) is 0.622. The van der Waals surface area contributed by atoms with Gasteiger partial charge in [0, 0.05) is 37.3 Å². The van der Waals surface area contributed by atoms with Crippen molar-refractivity contribution in [3.63, 3.8) is 0 Å². The molecule has 120 valence electrons. The first-order chi connectivity index (χ1) is 11.2. The Hall–Kier alpha value is -2.47. The van der Waals surface area contributed by atoms with Crippen LogP contribution in [-0.2, 0) is 14.4 Å². The molecule has 0 radical (unpaired) electrons. The largest absolute Gasteiger partial charge is 0.374 e. The number of benzene rings is 1. The summed E-state index contributed by atoms with van der Waals surface area (Å²) in [6.45, 7) is 2.00. The monoisotopic (exact) mass is 313 g/mol. The SMILES string of the molecule is O=CC(=O)C1NCNC1=Cc1ccc(N2CCC(=O)CC2)cc1. The van der Waals surface area contributed by atoms with Crippen molar-refractivity contribution in [2.75, 3.05) is 24.7 Å². The Bertz CT molecular complexity index is 642. The first-order valence-electron chi connectivity index (χ1n) is 7.72. The summed E-state index contributed by atoms with van der Waals surface area (Å²) in [6.07, 6.45) is 3.43. The van der Waals surface area contributed by atoms with Crippen LogP contribution in [0.1, 0.15) is 18.4 Å². The Morgan fingerprint density at radius 2 is 1.87 bits per heavy atom. The van der Waals surface area contributed by atoms with Gasteiger partial charge in [-0.05, 0) is 23.8 Å². The van der Waals surface area contributed by atoms with Crippen LogP contribution in [0.25, 0.3) is 6.08 Å². The maximum absolute atomic E-state index is 11.6. The number of Topliss-reactive ketones (excluding diaryl/α,β-unsaturated/α-hetero) is 2. The number of carbonyl (C=O) groups excluding carboxylic acids is 3. The fourth-order valence-corrected chi connectivity index (χ4v) is 2.90. The second kappa shape index (κ2) is 6.75. The number of hydrogen-bond donors (Lipinski definition) is 2. The third kappa shape index (κ3) is 3.48. The molecule has 2 N–H and O–H groups in total. The number of hydrogen-bond acceptors (Lipinski definition) is 6. The molecule has 0 saturated carbocycles. The van der Waals surface area contributed by atoms with E-state index in [0.717, 1.165) is 24.3 Å². The first-order valence-corrected chi connectivity index (χ1v) is 7.72. The summed E-state index contributed by atoms with van der Waals surface area (Å²) in [4.78, 5) is 35.7. The van der Waals surface area contributed by atoms with Gasteiger partial charge >= 0.3 is 0 Å². The number of piperidine rings is 1. The predicted molar refractivity (Wildman–Crippen MR) is 86.9 cm³/mol. The molecule has 23 heavy (non-hydrogen) atoms. The highest BCUT2D eigenvalue weighted by Gasteiger charge is 2.26. The summed E-state index contributed by atoms with van der Waals surface area (Å²) in [7, 11) is 0. The molecule has 1 aromatic carbocycles. The topological polar surface area (TPSA) is 78.5 Å². The van der Waals surface area contributed by atoms with Gasteiger partial charge < -0.3 is 10.2 Å². The minimum absolute atomic E-state index is 0.327. The second-order valence-corrected chi connectivity index (χ2v) is 5.73. The molecule has 1 aromatic rings. The van der Waals surface area contributed by atoms with Gasteiger partial charge in [-0.25, -0.2) is 0 Å². The first kappa shape index (κ1) is 15.4. The molecule has 1 unspecified atom stereocenters. The summed E-state index contributed by atoms with van der Waals surface area (Å²) in [5, 5.41) is 6.02. The van der Waals surface area contributed by atoms with Gasteiger partial charge in [0.25, 0.3) is 0 Å². The molecular formula is C17H19N3O3. The van der Waals surface area contributed by atoms with Crippen LogP contribution >= 0.6 is 0 Å². The molecule has 1 atom stereocenters. The smallest absolute Gasteiger partial charge is 0.218 e. The summed E-state index contributed by atoms with van der Waals surface area (Å²) in [5.74, 6) is -0.149. The van der Waals surface area contributed by atoms with Crippen molar-refractivity contribution in [3.05, 3.63) is 35.5 Å². The van der Waals surface area contributed by atoms with E-state index < -0.39 is 11.8 Å². The number of aldehydes is 1. The molecule has 0 aromatic heterocycles. The molecule has 2 aliphatic rings. The van der Waals surface area contributed by atoms with E-state index in [2.05, 4.69) is 15.5 Å². The van der Waals surface area contributed by atoms with Crippen molar-refractivity contribution in [2.24, 2.45) is 0 Å². The standard InChI is InChI=1S/C17H19N3O3/c21-10-16(23)17-15(18-11-19-17)9-12-1-3-13(4-2-12)20-7-5-14(22)6-8-20/h1-4,9-10,17-19H,5-8,11H2. The third-order valence-electron chi connectivity index (χ3n) is 4.21. The molecule has 6 nitrogen and oxygen atoms in total. The zero-order valence-electron chi connectivity index (χ0n) is 12.7. The third-order valence-corrected chi connectivity index (χ3v) is 4.21.